The van der Waals surface area contributed by atoms with Gasteiger partial charge >= 0.3 is 0 Å². The maximum absolute atomic E-state index is 5.15. The van der Waals surface area contributed by atoms with Crippen LogP contribution in [0.1, 0.15) is 43.0 Å². The van der Waals surface area contributed by atoms with Crippen molar-refractivity contribution >= 4 is 5.96 Å². The molecule has 1 atom stereocenters. The summed E-state index contributed by atoms with van der Waals surface area (Å²) in [5, 5.41) is 11.5. The summed E-state index contributed by atoms with van der Waals surface area (Å²) < 4.78 is 7.15. The van der Waals surface area contributed by atoms with Gasteiger partial charge in [0.2, 0.25) is 0 Å². The Morgan fingerprint density at radius 1 is 1.33 bits per heavy atom. The third-order valence-corrected chi connectivity index (χ3v) is 5.26. The predicted octanol–water partition coefficient (Wildman–Crippen LogP) is 1.95. The highest BCUT2D eigenvalue weighted by Gasteiger charge is 2.22. The standard InChI is InChI=1S/C22H35N7O/c1-5-23-22(24-13-17-8-7-9-18(12-17)14-28(3)6-2)25-19-10-11-21-26-20(16-30-4)27-29(21)15-19/h7-9,12,19H,5-6,10-11,13-16H2,1-4H3,(H2,23,24,25). The van der Waals surface area contributed by atoms with Crippen molar-refractivity contribution in [3.05, 3.63) is 47.0 Å². The van der Waals surface area contributed by atoms with E-state index in [0.29, 0.717) is 13.2 Å². The number of aromatic nitrogens is 3. The lowest BCUT2D eigenvalue weighted by Crippen LogP contribution is -2.47. The molecule has 1 unspecified atom stereocenters. The minimum Gasteiger partial charge on any atom is -0.377 e. The van der Waals surface area contributed by atoms with E-state index in [-0.39, 0.29) is 6.04 Å². The van der Waals surface area contributed by atoms with Crippen LogP contribution < -0.4 is 10.6 Å². The summed E-state index contributed by atoms with van der Waals surface area (Å²) in [5.41, 5.74) is 2.54. The van der Waals surface area contributed by atoms with Gasteiger partial charge in [0.25, 0.3) is 0 Å². The first-order valence-corrected chi connectivity index (χ1v) is 10.8. The molecule has 0 saturated heterocycles. The van der Waals surface area contributed by atoms with Gasteiger partial charge in [0.15, 0.2) is 11.8 Å². The Kier molecular flexibility index (Phi) is 8.21. The van der Waals surface area contributed by atoms with Crippen LogP contribution in [0.5, 0.6) is 0 Å². The number of nitrogens with one attached hydrogen (secondary N) is 2. The largest absolute Gasteiger partial charge is 0.377 e. The first kappa shape index (κ1) is 22.2. The summed E-state index contributed by atoms with van der Waals surface area (Å²) in [6.07, 6.45) is 1.91. The van der Waals surface area contributed by atoms with E-state index in [1.165, 1.54) is 11.1 Å². The fourth-order valence-corrected chi connectivity index (χ4v) is 3.60. The summed E-state index contributed by atoms with van der Waals surface area (Å²) >= 11 is 0. The van der Waals surface area contributed by atoms with Gasteiger partial charge in [-0.05, 0) is 38.1 Å². The van der Waals surface area contributed by atoms with Crippen LogP contribution in [0.15, 0.2) is 29.3 Å². The molecule has 0 saturated carbocycles. The lowest BCUT2D eigenvalue weighted by atomic mass is 10.1. The van der Waals surface area contributed by atoms with Gasteiger partial charge in [-0.3, -0.25) is 0 Å². The summed E-state index contributed by atoms with van der Waals surface area (Å²) in [6, 6.07) is 8.96. The minimum absolute atomic E-state index is 0.275. The molecule has 2 aromatic rings. The van der Waals surface area contributed by atoms with Crippen molar-refractivity contribution in [3.63, 3.8) is 0 Å². The Morgan fingerprint density at radius 3 is 2.93 bits per heavy atom. The molecule has 1 aliphatic rings. The molecular formula is C22H35N7O. The van der Waals surface area contributed by atoms with Crippen molar-refractivity contribution in [1.82, 2.24) is 30.3 Å². The molecule has 164 valence electrons. The van der Waals surface area contributed by atoms with Gasteiger partial charge in [-0.1, -0.05) is 31.2 Å². The van der Waals surface area contributed by atoms with Crippen LogP contribution in [0.3, 0.4) is 0 Å². The monoisotopic (exact) mass is 413 g/mol. The van der Waals surface area contributed by atoms with E-state index in [1.54, 1.807) is 7.11 Å². The van der Waals surface area contributed by atoms with Gasteiger partial charge < -0.3 is 20.3 Å². The number of fused-ring (bicyclic) bond motifs is 1. The Balaban J connectivity index is 1.61. The number of hydrogen-bond acceptors (Lipinski definition) is 5. The quantitative estimate of drug-likeness (QED) is 0.483. The molecule has 1 aromatic heterocycles. The molecular weight excluding hydrogens is 378 g/mol. The smallest absolute Gasteiger partial charge is 0.191 e. The highest BCUT2D eigenvalue weighted by molar-refractivity contribution is 5.80. The number of methoxy groups -OCH3 is 1. The number of rotatable bonds is 9. The second kappa shape index (κ2) is 11.1. The molecule has 0 fully saturated rings. The van der Waals surface area contributed by atoms with Gasteiger partial charge in [-0.15, -0.1) is 0 Å². The fourth-order valence-electron chi connectivity index (χ4n) is 3.60. The number of ether oxygens (including phenoxy) is 1. The molecule has 2 heterocycles. The predicted molar refractivity (Wildman–Crippen MR) is 119 cm³/mol. The molecule has 0 spiro atoms. The summed E-state index contributed by atoms with van der Waals surface area (Å²) in [4.78, 5) is 11.7. The number of aryl methyl sites for hydroxylation is 1. The number of benzene rings is 1. The zero-order chi connectivity index (χ0) is 21.3. The van der Waals surface area contributed by atoms with Crippen LogP contribution in [0.2, 0.25) is 0 Å². The van der Waals surface area contributed by atoms with E-state index < -0.39 is 0 Å². The molecule has 1 aromatic carbocycles. The van der Waals surface area contributed by atoms with Gasteiger partial charge in [-0.25, -0.2) is 14.7 Å². The highest BCUT2D eigenvalue weighted by atomic mass is 16.5. The van der Waals surface area contributed by atoms with Crippen molar-refractivity contribution in [1.29, 1.82) is 0 Å². The first-order valence-electron chi connectivity index (χ1n) is 10.8. The Bertz CT molecular complexity index is 833. The molecule has 8 nitrogen and oxygen atoms in total. The van der Waals surface area contributed by atoms with Gasteiger partial charge in [0.1, 0.15) is 12.4 Å². The molecule has 3 rings (SSSR count). The second-order valence-electron chi connectivity index (χ2n) is 7.78. The van der Waals surface area contributed by atoms with E-state index in [0.717, 1.165) is 56.6 Å². The summed E-state index contributed by atoms with van der Waals surface area (Å²) in [5.74, 6) is 2.64. The Hall–Kier alpha value is -2.45. The molecule has 0 bridgehead atoms. The molecule has 30 heavy (non-hydrogen) atoms. The third-order valence-electron chi connectivity index (χ3n) is 5.26. The van der Waals surface area contributed by atoms with Crippen LogP contribution in [0.25, 0.3) is 0 Å². The van der Waals surface area contributed by atoms with Crippen LogP contribution >= 0.6 is 0 Å². The van der Waals surface area contributed by atoms with E-state index in [1.807, 2.05) is 4.68 Å². The Morgan fingerprint density at radius 2 is 2.17 bits per heavy atom. The number of guanidine groups is 1. The number of aliphatic imine (C=N–C) groups is 1. The zero-order valence-electron chi connectivity index (χ0n) is 18.7. The first-order chi connectivity index (χ1) is 14.6. The number of hydrogen-bond donors (Lipinski definition) is 2. The van der Waals surface area contributed by atoms with Gasteiger partial charge in [0, 0.05) is 32.7 Å². The highest BCUT2D eigenvalue weighted by Crippen LogP contribution is 2.14. The van der Waals surface area contributed by atoms with Gasteiger partial charge in [0.05, 0.1) is 13.1 Å². The normalized spacial score (nSPS) is 16.6. The topological polar surface area (TPSA) is 79.6 Å². The van der Waals surface area contributed by atoms with Crippen LogP contribution in [0, 0.1) is 0 Å². The van der Waals surface area contributed by atoms with E-state index >= 15 is 0 Å². The summed E-state index contributed by atoms with van der Waals surface area (Å²) in [6.45, 7) is 8.98. The SMILES string of the molecule is CCNC(=NCc1cccc(CN(C)CC)c1)NC1CCc2nc(COC)nn2C1. The molecule has 2 N–H and O–H groups in total. The minimum atomic E-state index is 0.275. The second-order valence-corrected chi connectivity index (χ2v) is 7.78. The average Bonchev–Trinajstić information content (AvgIpc) is 3.14. The van der Waals surface area contributed by atoms with Crippen molar-refractivity contribution in [2.45, 2.75) is 59.0 Å². The van der Waals surface area contributed by atoms with Crippen molar-refractivity contribution in [2.24, 2.45) is 4.99 Å². The van der Waals surface area contributed by atoms with Crippen LogP contribution in [0.4, 0.5) is 0 Å². The Labute approximate surface area is 179 Å². The maximum Gasteiger partial charge on any atom is 0.191 e. The fraction of sp³-hybridized carbons (Fsp3) is 0.591. The lowest BCUT2D eigenvalue weighted by Gasteiger charge is -2.25. The van der Waals surface area contributed by atoms with Crippen molar-refractivity contribution in [3.8, 4) is 0 Å². The van der Waals surface area contributed by atoms with Crippen LogP contribution in [-0.2, 0) is 37.4 Å². The lowest BCUT2D eigenvalue weighted by molar-refractivity contribution is 0.177. The number of nitrogens with zero attached hydrogens (tertiary/aromatic N) is 5. The van der Waals surface area contributed by atoms with E-state index in [2.05, 4.69) is 70.8 Å². The van der Waals surface area contributed by atoms with Crippen molar-refractivity contribution in [2.75, 3.05) is 27.2 Å². The third kappa shape index (κ3) is 6.27. The zero-order valence-corrected chi connectivity index (χ0v) is 18.7. The van der Waals surface area contributed by atoms with Crippen molar-refractivity contribution < 1.29 is 4.74 Å². The van der Waals surface area contributed by atoms with E-state index in [4.69, 9.17) is 9.73 Å². The molecule has 8 heteroatoms. The van der Waals surface area contributed by atoms with Crippen LogP contribution in [-0.4, -0.2) is 58.9 Å². The molecule has 1 aliphatic heterocycles. The van der Waals surface area contributed by atoms with Gasteiger partial charge in [-0.2, -0.15) is 5.10 Å². The molecule has 0 amide bonds. The van der Waals surface area contributed by atoms with E-state index in [9.17, 15) is 0 Å². The molecule has 0 aliphatic carbocycles. The maximum atomic E-state index is 5.15. The average molecular weight is 414 g/mol. The summed E-state index contributed by atoms with van der Waals surface area (Å²) in [7, 11) is 3.81. The molecule has 0 radical (unpaired) electrons.